The first-order valence-electron chi connectivity index (χ1n) is 5.17. The Morgan fingerprint density at radius 3 is 3.06 bits per heavy atom. The maximum atomic E-state index is 11.2. The van der Waals surface area contributed by atoms with Gasteiger partial charge in [-0.15, -0.1) is 0 Å². The minimum Gasteiger partial charge on any atom is -0.481 e. The van der Waals surface area contributed by atoms with Crippen LogP contribution >= 0.6 is 0 Å². The summed E-state index contributed by atoms with van der Waals surface area (Å²) in [6.45, 7) is 0.509. The molecule has 2 N–H and O–H groups in total. The van der Waals surface area contributed by atoms with Gasteiger partial charge in [-0.05, 0) is 0 Å². The van der Waals surface area contributed by atoms with E-state index in [1.165, 1.54) is 12.4 Å². The molecule has 2 heterocycles. The molecule has 1 aromatic heterocycles. The standard InChI is InChI=1S/C10H13N3O4/c1-13(8-2-9(14)12-5-11-8)7-4-17-3-6(7)10(15)16/h2,5-7H,3-4H2,1H3,(H,15,16)(H,11,12,14). The number of hydrogen-bond acceptors (Lipinski definition) is 5. The molecule has 1 aliphatic heterocycles. The summed E-state index contributed by atoms with van der Waals surface area (Å²) in [6, 6.07) is 1.03. The molecule has 1 aliphatic rings. The number of aliphatic carboxylic acids is 1. The van der Waals surface area contributed by atoms with Crippen molar-refractivity contribution in [2.75, 3.05) is 25.2 Å². The van der Waals surface area contributed by atoms with Gasteiger partial charge in [-0.1, -0.05) is 0 Å². The largest absolute Gasteiger partial charge is 0.481 e. The van der Waals surface area contributed by atoms with E-state index < -0.39 is 11.9 Å². The summed E-state index contributed by atoms with van der Waals surface area (Å²) in [6.07, 6.45) is 1.29. The number of anilines is 1. The molecule has 0 amide bonds. The maximum absolute atomic E-state index is 11.2. The smallest absolute Gasteiger partial charge is 0.311 e. The van der Waals surface area contributed by atoms with Crippen molar-refractivity contribution in [1.82, 2.24) is 9.97 Å². The number of nitrogens with one attached hydrogen (secondary N) is 1. The highest BCUT2D eigenvalue weighted by Crippen LogP contribution is 2.22. The lowest BCUT2D eigenvalue weighted by Gasteiger charge is -2.26. The lowest BCUT2D eigenvalue weighted by atomic mass is 10.0. The van der Waals surface area contributed by atoms with Crippen LogP contribution in [0.15, 0.2) is 17.2 Å². The van der Waals surface area contributed by atoms with Crippen molar-refractivity contribution in [3.63, 3.8) is 0 Å². The number of carboxylic acid groups (broad SMARTS) is 1. The lowest BCUT2D eigenvalue weighted by molar-refractivity contribution is -0.141. The number of nitrogens with zero attached hydrogens (tertiary/aromatic N) is 2. The van der Waals surface area contributed by atoms with Crippen LogP contribution in [0.2, 0.25) is 0 Å². The molecule has 1 saturated heterocycles. The number of H-pyrrole nitrogens is 1. The van der Waals surface area contributed by atoms with Gasteiger partial charge in [0.15, 0.2) is 0 Å². The normalized spacial score (nSPS) is 23.6. The van der Waals surface area contributed by atoms with Gasteiger partial charge in [0.25, 0.3) is 5.56 Å². The van der Waals surface area contributed by atoms with Gasteiger partial charge in [0.05, 0.1) is 25.6 Å². The third-order valence-electron chi connectivity index (χ3n) is 2.89. The zero-order chi connectivity index (χ0) is 12.4. The summed E-state index contributed by atoms with van der Waals surface area (Å²) >= 11 is 0. The minimum absolute atomic E-state index is 0.188. The summed E-state index contributed by atoms with van der Waals surface area (Å²) in [4.78, 5) is 30.3. The van der Waals surface area contributed by atoms with E-state index in [2.05, 4.69) is 9.97 Å². The second-order valence-electron chi connectivity index (χ2n) is 3.93. The van der Waals surface area contributed by atoms with Crippen molar-refractivity contribution in [2.45, 2.75) is 6.04 Å². The SMILES string of the molecule is CN(c1cc(=O)[nH]cn1)C1COCC1C(=O)O. The van der Waals surface area contributed by atoms with Gasteiger partial charge in [0.2, 0.25) is 0 Å². The minimum atomic E-state index is -0.899. The summed E-state index contributed by atoms with van der Waals surface area (Å²) in [7, 11) is 1.71. The van der Waals surface area contributed by atoms with Gasteiger partial charge in [-0.2, -0.15) is 0 Å². The van der Waals surface area contributed by atoms with Gasteiger partial charge in [-0.3, -0.25) is 9.59 Å². The maximum Gasteiger partial charge on any atom is 0.311 e. The number of ether oxygens (including phenoxy) is 1. The van der Waals surface area contributed by atoms with Crippen LogP contribution in [-0.2, 0) is 9.53 Å². The molecular formula is C10H13N3O4. The fourth-order valence-corrected chi connectivity index (χ4v) is 1.88. The molecule has 0 aromatic carbocycles. The topological polar surface area (TPSA) is 95.5 Å². The molecule has 1 aromatic rings. The Kier molecular flexibility index (Phi) is 3.10. The van der Waals surface area contributed by atoms with Crippen LogP contribution in [-0.4, -0.2) is 47.3 Å². The predicted octanol–water partition coefficient (Wildman–Crippen LogP) is -0.694. The first kappa shape index (κ1) is 11.6. The Bertz CT molecular complexity index is 473. The van der Waals surface area contributed by atoms with E-state index in [4.69, 9.17) is 9.84 Å². The van der Waals surface area contributed by atoms with Crippen molar-refractivity contribution in [2.24, 2.45) is 5.92 Å². The molecule has 2 rings (SSSR count). The number of aromatic amines is 1. The van der Waals surface area contributed by atoms with E-state index in [0.29, 0.717) is 12.4 Å². The average Bonchev–Trinajstić information content (AvgIpc) is 2.77. The predicted molar refractivity (Wildman–Crippen MR) is 59.0 cm³/mol. The van der Waals surface area contributed by atoms with E-state index >= 15 is 0 Å². The highest BCUT2D eigenvalue weighted by atomic mass is 16.5. The first-order chi connectivity index (χ1) is 8.09. The molecule has 0 bridgehead atoms. The second-order valence-corrected chi connectivity index (χ2v) is 3.93. The number of hydrogen-bond donors (Lipinski definition) is 2. The second kappa shape index (κ2) is 4.54. The number of carbonyl (C=O) groups is 1. The van der Waals surface area contributed by atoms with Crippen molar-refractivity contribution < 1.29 is 14.6 Å². The van der Waals surface area contributed by atoms with Crippen molar-refractivity contribution in [3.05, 3.63) is 22.7 Å². The molecule has 17 heavy (non-hydrogen) atoms. The van der Waals surface area contributed by atoms with Crippen LogP contribution in [0, 0.1) is 5.92 Å². The number of likely N-dealkylation sites (N-methyl/N-ethyl adjacent to an activating group) is 1. The zero-order valence-electron chi connectivity index (χ0n) is 9.29. The van der Waals surface area contributed by atoms with Crippen LogP contribution < -0.4 is 10.5 Å². The Hall–Kier alpha value is -1.89. The molecule has 92 valence electrons. The third kappa shape index (κ3) is 2.28. The van der Waals surface area contributed by atoms with E-state index in [0.717, 1.165) is 0 Å². The van der Waals surface area contributed by atoms with Crippen molar-refractivity contribution in [3.8, 4) is 0 Å². The number of aromatic nitrogens is 2. The lowest BCUT2D eigenvalue weighted by Crippen LogP contribution is -2.41. The summed E-state index contributed by atoms with van der Waals surface area (Å²) in [5.74, 6) is -1.05. The molecule has 7 heteroatoms. The summed E-state index contributed by atoms with van der Waals surface area (Å²) in [5.41, 5.74) is -0.271. The molecule has 0 aliphatic carbocycles. The van der Waals surface area contributed by atoms with Gasteiger partial charge >= 0.3 is 5.97 Å². The van der Waals surface area contributed by atoms with E-state index in [-0.39, 0.29) is 18.2 Å². The highest BCUT2D eigenvalue weighted by Gasteiger charge is 2.37. The Balaban J connectivity index is 2.22. The van der Waals surface area contributed by atoms with E-state index in [1.807, 2.05) is 0 Å². The van der Waals surface area contributed by atoms with Gasteiger partial charge in [-0.25, -0.2) is 4.98 Å². The molecule has 0 radical (unpaired) electrons. The zero-order valence-corrected chi connectivity index (χ0v) is 9.29. The third-order valence-corrected chi connectivity index (χ3v) is 2.89. The van der Waals surface area contributed by atoms with Gasteiger partial charge < -0.3 is 19.7 Å². The number of rotatable bonds is 3. The molecular weight excluding hydrogens is 226 g/mol. The van der Waals surface area contributed by atoms with Gasteiger partial charge in [0, 0.05) is 13.1 Å². The van der Waals surface area contributed by atoms with Crippen molar-refractivity contribution >= 4 is 11.8 Å². The summed E-state index contributed by atoms with van der Waals surface area (Å²) < 4.78 is 5.17. The number of carboxylic acids is 1. The average molecular weight is 239 g/mol. The molecule has 2 unspecified atom stereocenters. The Morgan fingerprint density at radius 2 is 2.41 bits per heavy atom. The van der Waals surface area contributed by atoms with Crippen LogP contribution in [0.4, 0.5) is 5.82 Å². The van der Waals surface area contributed by atoms with Crippen LogP contribution in [0.3, 0.4) is 0 Å². The summed E-state index contributed by atoms with van der Waals surface area (Å²) in [5, 5.41) is 9.04. The first-order valence-corrected chi connectivity index (χ1v) is 5.17. The molecule has 2 atom stereocenters. The fraction of sp³-hybridized carbons (Fsp3) is 0.500. The fourth-order valence-electron chi connectivity index (χ4n) is 1.88. The molecule has 7 nitrogen and oxygen atoms in total. The molecule has 0 spiro atoms. The molecule has 0 saturated carbocycles. The van der Waals surface area contributed by atoms with Gasteiger partial charge in [0.1, 0.15) is 11.7 Å². The quantitative estimate of drug-likeness (QED) is 0.724. The molecule has 1 fully saturated rings. The van der Waals surface area contributed by atoms with Crippen LogP contribution in [0.1, 0.15) is 0 Å². The van der Waals surface area contributed by atoms with E-state index in [1.54, 1.807) is 11.9 Å². The Labute approximate surface area is 97.0 Å². The van der Waals surface area contributed by atoms with Crippen LogP contribution in [0.5, 0.6) is 0 Å². The monoisotopic (exact) mass is 239 g/mol. The Morgan fingerprint density at radius 1 is 1.65 bits per heavy atom. The highest BCUT2D eigenvalue weighted by molar-refractivity contribution is 5.72. The van der Waals surface area contributed by atoms with Crippen LogP contribution in [0.25, 0.3) is 0 Å². The van der Waals surface area contributed by atoms with E-state index in [9.17, 15) is 9.59 Å². The van der Waals surface area contributed by atoms with Crippen molar-refractivity contribution in [1.29, 1.82) is 0 Å².